The van der Waals surface area contributed by atoms with Crippen LogP contribution in [-0.4, -0.2) is 18.2 Å². The van der Waals surface area contributed by atoms with Crippen molar-refractivity contribution in [1.29, 1.82) is 0 Å². The summed E-state index contributed by atoms with van der Waals surface area (Å²) < 4.78 is 0. The van der Waals surface area contributed by atoms with E-state index in [1.54, 1.807) is 0 Å². The molecule has 0 aliphatic heterocycles. The quantitative estimate of drug-likeness (QED) is 0.546. The summed E-state index contributed by atoms with van der Waals surface area (Å²) in [5.41, 5.74) is 0. The molecule has 8 heavy (non-hydrogen) atoms. The van der Waals surface area contributed by atoms with Crippen LogP contribution in [0.1, 0.15) is 13.8 Å². The summed E-state index contributed by atoms with van der Waals surface area (Å²) in [4.78, 5) is 17.8. The molecule has 0 saturated carbocycles. The van der Waals surface area contributed by atoms with Crippen LogP contribution in [-0.2, 0) is 0 Å². The molecule has 3 heteroatoms. The Bertz CT molecular complexity index is 65.3. The van der Waals surface area contributed by atoms with Crippen LogP contribution in [0.25, 0.3) is 0 Å². The summed E-state index contributed by atoms with van der Waals surface area (Å²) >= 11 is 0. The normalized spacial score (nSPS) is 12.8. The molecule has 0 bridgehead atoms. The van der Waals surface area contributed by atoms with Crippen LogP contribution >= 0.6 is 0 Å². The van der Waals surface area contributed by atoms with Crippen molar-refractivity contribution in [2.45, 2.75) is 26.4 Å². The Hall–Kier alpha value is 0.137. The highest BCUT2D eigenvalue weighted by atomic mass is 28.4. The molecule has 2 N–H and O–H groups in total. The van der Waals surface area contributed by atoms with Crippen LogP contribution in [0.3, 0.4) is 0 Å². The van der Waals surface area contributed by atoms with Crippen molar-refractivity contribution in [2.24, 2.45) is 5.92 Å². The molecule has 0 saturated heterocycles. The predicted octanol–water partition coefficient (Wildman–Crippen LogP) is 0.699. The maximum Gasteiger partial charge on any atom is 0.329 e. The summed E-state index contributed by atoms with van der Waals surface area (Å²) in [7, 11) is -2.72. The highest BCUT2D eigenvalue weighted by molar-refractivity contribution is 6.63. The van der Waals surface area contributed by atoms with E-state index in [0.717, 1.165) is 0 Å². The highest BCUT2D eigenvalue weighted by Crippen LogP contribution is 2.09. The molecule has 0 fully saturated rings. The molecule has 0 spiro atoms. The second-order valence-corrected chi connectivity index (χ2v) is 5.66. The average Bonchev–Trinajstić information content (AvgIpc) is 1.21. The zero-order chi connectivity index (χ0) is 6.78. The minimum absolute atomic E-state index is 0.404. The first-order valence-electron chi connectivity index (χ1n) is 2.86. The Labute approximate surface area is 51.4 Å². The first-order valence-corrected chi connectivity index (χ1v) is 5.47. The molecular formula is C5H14O2Si. The zero-order valence-corrected chi connectivity index (χ0v) is 6.68. The van der Waals surface area contributed by atoms with Gasteiger partial charge in [-0.2, -0.15) is 0 Å². The SMILES string of the molecule is CC(C)C[Si](C)(O)O. The molecule has 0 aliphatic carbocycles. The van der Waals surface area contributed by atoms with E-state index in [1.165, 1.54) is 6.55 Å². The van der Waals surface area contributed by atoms with Crippen molar-refractivity contribution < 1.29 is 9.59 Å². The van der Waals surface area contributed by atoms with Gasteiger partial charge in [0, 0.05) is 0 Å². The molecule has 0 aromatic heterocycles. The van der Waals surface area contributed by atoms with Crippen molar-refractivity contribution >= 4 is 8.56 Å². The van der Waals surface area contributed by atoms with Gasteiger partial charge >= 0.3 is 8.56 Å². The predicted molar refractivity (Wildman–Crippen MR) is 35.7 cm³/mol. The standard InChI is InChI=1S/C5H14O2Si/c1-5(2)4-8(3,6)7/h5-7H,4H2,1-3H3. The Morgan fingerprint density at radius 2 is 1.75 bits per heavy atom. The third-order valence-corrected chi connectivity index (χ3v) is 2.38. The van der Waals surface area contributed by atoms with Crippen LogP contribution < -0.4 is 0 Å². The fraction of sp³-hybridized carbons (Fsp3) is 1.00. The van der Waals surface area contributed by atoms with Gasteiger partial charge in [-0.15, -0.1) is 0 Å². The van der Waals surface area contributed by atoms with Gasteiger partial charge in [-0.25, -0.2) is 0 Å². The molecule has 50 valence electrons. The second kappa shape index (κ2) is 2.62. The van der Waals surface area contributed by atoms with E-state index >= 15 is 0 Å². The highest BCUT2D eigenvalue weighted by Gasteiger charge is 2.21. The summed E-state index contributed by atoms with van der Waals surface area (Å²) in [6, 6.07) is 0.576. The molecule has 0 atom stereocenters. The summed E-state index contributed by atoms with van der Waals surface area (Å²) in [6.45, 7) is 5.50. The average molecular weight is 134 g/mol. The van der Waals surface area contributed by atoms with E-state index in [-0.39, 0.29) is 0 Å². The third kappa shape index (κ3) is 6.14. The Morgan fingerprint density at radius 1 is 1.38 bits per heavy atom. The number of rotatable bonds is 2. The fourth-order valence-corrected chi connectivity index (χ4v) is 2.32. The second-order valence-electron chi connectivity index (χ2n) is 2.81. The van der Waals surface area contributed by atoms with Crippen molar-refractivity contribution in [3.05, 3.63) is 0 Å². The molecular weight excluding hydrogens is 120 g/mol. The number of hydrogen-bond donors (Lipinski definition) is 2. The van der Waals surface area contributed by atoms with E-state index in [0.29, 0.717) is 12.0 Å². The zero-order valence-electron chi connectivity index (χ0n) is 5.68. The van der Waals surface area contributed by atoms with Crippen LogP contribution in [0, 0.1) is 5.92 Å². The van der Waals surface area contributed by atoms with Gasteiger partial charge < -0.3 is 9.59 Å². The lowest BCUT2D eigenvalue weighted by atomic mass is 10.3. The Balaban J connectivity index is 3.39. The largest absolute Gasteiger partial charge is 0.411 e. The minimum Gasteiger partial charge on any atom is -0.411 e. The molecule has 0 radical (unpaired) electrons. The smallest absolute Gasteiger partial charge is 0.329 e. The molecule has 2 nitrogen and oxygen atoms in total. The van der Waals surface area contributed by atoms with E-state index in [4.69, 9.17) is 9.59 Å². The van der Waals surface area contributed by atoms with Gasteiger partial charge in [-0.05, 0) is 18.5 Å². The van der Waals surface area contributed by atoms with Gasteiger partial charge in [0.05, 0.1) is 0 Å². The molecule has 0 unspecified atom stereocenters. The van der Waals surface area contributed by atoms with Gasteiger partial charge in [-0.1, -0.05) is 13.8 Å². The molecule has 0 aromatic rings. The molecule has 0 aliphatic rings. The monoisotopic (exact) mass is 134 g/mol. The fourth-order valence-electron chi connectivity index (χ4n) is 0.773. The third-order valence-electron chi connectivity index (χ3n) is 0.795. The van der Waals surface area contributed by atoms with E-state index in [1.807, 2.05) is 13.8 Å². The van der Waals surface area contributed by atoms with E-state index in [2.05, 4.69) is 0 Å². The van der Waals surface area contributed by atoms with Crippen LogP contribution in [0.15, 0.2) is 0 Å². The van der Waals surface area contributed by atoms with Crippen molar-refractivity contribution in [3.8, 4) is 0 Å². The van der Waals surface area contributed by atoms with Crippen LogP contribution in [0.2, 0.25) is 12.6 Å². The van der Waals surface area contributed by atoms with Gasteiger partial charge in [0.25, 0.3) is 0 Å². The minimum atomic E-state index is -2.72. The molecule has 0 rings (SSSR count). The Kier molecular flexibility index (Phi) is 2.66. The van der Waals surface area contributed by atoms with Crippen LogP contribution in [0.4, 0.5) is 0 Å². The summed E-state index contributed by atoms with van der Waals surface area (Å²) in [5, 5.41) is 0. The lowest BCUT2D eigenvalue weighted by Crippen LogP contribution is -2.31. The molecule has 0 heterocycles. The van der Waals surface area contributed by atoms with Crippen molar-refractivity contribution in [2.75, 3.05) is 0 Å². The first kappa shape index (κ1) is 8.14. The molecule has 0 amide bonds. The Morgan fingerprint density at radius 3 is 1.75 bits per heavy atom. The molecule has 0 aromatic carbocycles. The van der Waals surface area contributed by atoms with Crippen molar-refractivity contribution in [3.63, 3.8) is 0 Å². The van der Waals surface area contributed by atoms with Crippen LogP contribution in [0.5, 0.6) is 0 Å². The van der Waals surface area contributed by atoms with Crippen molar-refractivity contribution in [1.82, 2.24) is 0 Å². The van der Waals surface area contributed by atoms with Gasteiger partial charge in [0.1, 0.15) is 0 Å². The lowest BCUT2D eigenvalue weighted by Gasteiger charge is -2.13. The maximum atomic E-state index is 8.88. The maximum absolute atomic E-state index is 8.88. The van der Waals surface area contributed by atoms with E-state index < -0.39 is 8.56 Å². The van der Waals surface area contributed by atoms with E-state index in [9.17, 15) is 0 Å². The van der Waals surface area contributed by atoms with Gasteiger partial charge in [-0.3, -0.25) is 0 Å². The lowest BCUT2D eigenvalue weighted by molar-refractivity contribution is 0.359. The summed E-state index contributed by atoms with van der Waals surface area (Å²) in [6.07, 6.45) is 0. The van der Waals surface area contributed by atoms with Gasteiger partial charge in [0.15, 0.2) is 0 Å². The van der Waals surface area contributed by atoms with Gasteiger partial charge in [0.2, 0.25) is 0 Å². The number of hydrogen-bond acceptors (Lipinski definition) is 2. The summed E-state index contributed by atoms with van der Waals surface area (Å²) in [5.74, 6) is 0.404. The first-order chi connectivity index (χ1) is 3.42. The topological polar surface area (TPSA) is 40.5 Å².